The molecule has 0 spiro atoms. The first kappa shape index (κ1) is 17.2. The predicted molar refractivity (Wildman–Crippen MR) is 88.2 cm³/mol. The number of phenols is 1. The zero-order chi connectivity index (χ0) is 17.9. The fourth-order valence-electron chi connectivity index (χ4n) is 1.83. The second kappa shape index (κ2) is 6.97. The molecule has 8 nitrogen and oxygen atoms in total. The molecule has 0 atom stereocenters. The Morgan fingerprint density at radius 1 is 1.08 bits per heavy atom. The van der Waals surface area contributed by atoms with Crippen molar-refractivity contribution >= 4 is 40.5 Å². The van der Waals surface area contributed by atoms with Crippen LogP contribution in [0.15, 0.2) is 36.4 Å². The van der Waals surface area contributed by atoms with Gasteiger partial charge in [-0.05, 0) is 30.7 Å². The standard InChI is InChI=1S/C15H12ClN3O5/c1-8-2-5-13(20)12(6-8)18-15(22)14(21)17-11-7-9(19(23)24)3-4-10(11)16/h2-7,20H,1H3,(H,17,21)(H,18,22). The summed E-state index contributed by atoms with van der Waals surface area (Å²) in [6.45, 7) is 1.75. The van der Waals surface area contributed by atoms with Crippen LogP contribution in [0.25, 0.3) is 0 Å². The van der Waals surface area contributed by atoms with Gasteiger partial charge in [-0.15, -0.1) is 0 Å². The number of carbonyl (C=O) groups excluding carboxylic acids is 2. The Labute approximate surface area is 141 Å². The lowest BCUT2D eigenvalue weighted by Crippen LogP contribution is -2.29. The lowest BCUT2D eigenvalue weighted by Gasteiger charge is -2.09. The molecule has 3 N–H and O–H groups in total. The van der Waals surface area contributed by atoms with Crippen LogP contribution in [0, 0.1) is 17.0 Å². The van der Waals surface area contributed by atoms with Gasteiger partial charge in [-0.1, -0.05) is 17.7 Å². The molecule has 0 saturated carbocycles. The van der Waals surface area contributed by atoms with Gasteiger partial charge in [0.15, 0.2) is 0 Å². The van der Waals surface area contributed by atoms with Crippen LogP contribution in [0.1, 0.15) is 5.56 Å². The van der Waals surface area contributed by atoms with Gasteiger partial charge in [0.2, 0.25) is 0 Å². The van der Waals surface area contributed by atoms with E-state index in [0.29, 0.717) is 0 Å². The van der Waals surface area contributed by atoms with E-state index in [2.05, 4.69) is 10.6 Å². The third kappa shape index (κ3) is 3.99. The van der Waals surface area contributed by atoms with Crippen molar-refractivity contribution in [1.82, 2.24) is 0 Å². The number of non-ortho nitro benzene ring substituents is 1. The van der Waals surface area contributed by atoms with E-state index in [0.717, 1.165) is 11.6 Å². The maximum atomic E-state index is 11.9. The zero-order valence-electron chi connectivity index (χ0n) is 12.4. The van der Waals surface area contributed by atoms with Gasteiger partial charge >= 0.3 is 11.8 Å². The molecule has 2 aromatic rings. The first-order chi connectivity index (χ1) is 11.3. The number of carbonyl (C=O) groups is 2. The molecule has 0 aliphatic carbocycles. The topological polar surface area (TPSA) is 122 Å². The summed E-state index contributed by atoms with van der Waals surface area (Å²) in [4.78, 5) is 33.9. The van der Waals surface area contributed by atoms with Gasteiger partial charge in [0.1, 0.15) is 5.75 Å². The van der Waals surface area contributed by atoms with E-state index < -0.39 is 16.7 Å². The fourth-order valence-corrected chi connectivity index (χ4v) is 2.00. The van der Waals surface area contributed by atoms with Crippen LogP contribution in [0.4, 0.5) is 17.1 Å². The molecule has 0 unspecified atom stereocenters. The monoisotopic (exact) mass is 349 g/mol. The Balaban J connectivity index is 2.15. The highest BCUT2D eigenvalue weighted by Crippen LogP contribution is 2.27. The summed E-state index contributed by atoms with van der Waals surface area (Å²) in [5.41, 5.74) is 0.483. The molecule has 0 fully saturated rings. The van der Waals surface area contributed by atoms with Crippen LogP contribution >= 0.6 is 11.6 Å². The smallest absolute Gasteiger partial charge is 0.314 e. The van der Waals surface area contributed by atoms with E-state index in [9.17, 15) is 24.8 Å². The summed E-state index contributed by atoms with van der Waals surface area (Å²) in [5, 5.41) is 24.9. The molecule has 124 valence electrons. The van der Waals surface area contributed by atoms with Crippen LogP contribution in [0.5, 0.6) is 5.75 Å². The van der Waals surface area contributed by atoms with Crippen LogP contribution in [-0.2, 0) is 9.59 Å². The summed E-state index contributed by atoms with van der Waals surface area (Å²) in [7, 11) is 0. The summed E-state index contributed by atoms with van der Waals surface area (Å²) in [6, 6.07) is 7.94. The summed E-state index contributed by atoms with van der Waals surface area (Å²) >= 11 is 5.85. The first-order valence-corrected chi connectivity index (χ1v) is 7.01. The van der Waals surface area contributed by atoms with Crippen molar-refractivity contribution in [3.8, 4) is 5.75 Å². The van der Waals surface area contributed by atoms with Crippen LogP contribution in [0.3, 0.4) is 0 Å². The number of aromatic hydroxyl groups is 1. The van der Waals surface area contributed by atoms with Gasteiger partial charge in [0.05, 0.1) is 21.3 Å². The molecule has 0 heterocycles. The Morgan fingerprint density at radius 2 is 1.71 bits per heavy atom. The van der Waals surface area contributed by atoms with Gasteiger partial charge in [-0.25, -0.2) is 0 Å². The summed E-state index contributed by atoms with van der Waals surface area (Å²) < 4.78 is 0. The number of nitrogens with zero attached hydrogens (tertiary/aromatic N) is 1. The lowest BCUT2D eigenvalue weighted by molar-refractivity contribution is -0.384. The molecule has 0 aromatic heterocycles. The highest BCUT2D eigenvalue weighted by molar-refractivity contribution is 6.45. The fraction of sp³-hybridized carbons (Fsp3) is 0.0667. The molecule has 2 rings (SSSR count). The summed E-state index contributed by atoms with van der Waals surface area (Å²) in [6.07, 6.45) is 0. The quantitative estimate of drug-likeness (QED) is 0.340. The minimum atomic E-state index is -1.08. The van der Waals surface area contributed by atoms with Crippen molar-refractivity contribution in [2.24, 2.45) is 0 Å². The molecule has 0 aliphatic rings. The van der Waals surface area contributed by atoms with Gasteiger partial charge in [0.25, 0.3) is 5.69 Å². The molecular formula is C15H12ClN3O5. The molecule has 0 aliphatic heterocycles. The van der Waals surface area contributed by atoms with Crippen molar-refractivity contribution in [3.63, 3.8) is 0 Å². The highest BCUT2D eigenvalue weighted by atomic mass is 35.5. The first-order valence-electron chi connectivity index (χ1n) is 6.64. The molecule has 2 amide bonds. The number of benzene rings is 2. The number of nitrogens with one attached hydrogen (secondary N) is 2. The van der Waals surface area contributed by atoms with Crippen molar-refractivity contribution in [2.75, 3.05) is 10.6 Å². The van der Waals surface area contributed by atoms with Crippen molar-refractivity contribution < 1.29 is 19.6 Å². The number of hydrogen-bond donors (Lipinski definition) is 3. The van der Waals surface area contributed by atoms with E-state index >= 15 is 0 Å². The third-order valence-corrected chi connectivity index (χ3v) is 3.35. The normalized spacial score (nSPS) is 10.1. The van der Waals surface area contributed by atoms with E-state index in [1.165, 1.54) is 24.3 Å². The maximum Gasteiger partial charge on any atom is 0.314 e. The predicted octanol–water partition coefficient (Wildman–Crippen LogP) is 2.84. The Kier molecular flexibility index (Phi) is 5.00. The SMILES string of the molecule is Cc1ccc(O)c(NC(=O)C(=O)Nc2cc([N+](=O)[O-])ccc2Cl)c1. The third-order valence-electron chi connectivity index (χ3n) is 3.02. The van der Waals surface area contributed by atoms with Crippen LogP contribution < -0.4 is 10.6 Å². The number of phenolic OH excluding ortho intramolecular Hbond substituents is 1. The molecule has 2 aromatic carbocycles. The number of nitro groups is 1. The Morgan fingerprint density at radius 3 is 2.33 bits per heavy atom. The Hall–Kier alpha value is -3.13. The average molecular weight is 350 g/mol. The minimum Gasteiger partial charge on any atom is -0.506 e. The van der Waals surface area contributed by atoms with E-state index in [-0.39, 0.29) is 27.8 Å². The van der Waals surface area contributed by atoms with Crippen LogP contribution in [-0.4, -0.2) is 21.8 Å². The minimum absolute atomic E-state index is 0.0418. The van der Waals surface area contributed by atoms with E-state index in [1.54, 1.807) is 13.0 Å². The van der Waals surface area contributed by atoms with Gasteiger partial charge in [-0.3, -0.25) is 19.7 Å². The number of rotatable bonds is 3. The molecule has 24 heavy (non-hydrogen) atoms. The van der Waals surface area contributed by atoms with Crippen molar-refractivity contribution in [3.05, 3.63) is 57.1 Å². The maximum absolute atomic E-state index is 11.9. The number of hydrogen-bond acceptors (Lipinski definition) is 5. The molecule has 0 radical (unpaired) electrons. The molecule has 0 bridgehead atoms. The second-order valence-corrected chi connectivity index (χ2v) is 5.26. The Bertz CT molecular complexity index is 838. The number of anilines is 2. The zero-order valence-corrected chi connectivity index (χ0v) is 13.1. The second-order valence-electron chi connectivity index (χ2n) is 4.85. The molecule has 9 heteroatoms. The van der Waals surface area contributed by atoms with E-state index in [1.807, 2.05) is 0 Å². The number of amides is 2. The molecular weight excluding hydrogens is 338 g/mol. The van der Waals surface area contributed by atoms with Gasteiger partial charge in [0, 0.05) is 12.1 Å². The van der Waals surface area contributed by atoms with E-state index in [4.69, 9.17) is 11.6 Å². The summed E-state index contributed by atoms with van der Waals surface area (Å²) in [5.74, 6) is -2.34. The highest BCUT2D eigenvalue weighted by Gasteiger charge is 2.18. The van der Waals surface area contributed by atoms with Gasteiger partial charge in [-0.2, -0.15) is 0 Å². The lowest BCUT2D eigenvalue weighted by atomic mass is 10.2. The number of halogens is 1. The van der Waals surface area contributed by atoms with Gasteiger partial charge < -0.3 is 15.7 Å². The van der Waals surface area contributed by atoms with Crippen molar-refractivity contribution in [1.29, 1.82) is 0 Å². The average Bonchev–Trinajstić information content (AvgIpc) is 2.52. The molecule has 0 saturated heterocycles. The largest absolute Gasteiger partial charge is 0.506 e. The number of nitro benzene ring substituents is 1. The number of aryl methyl sites for hydroxylation is 1. The van der Waals surface area contributed by atoms with Crippen LogP contribution in [0.2, 0.25) is 5.02 Å². The van der Waals surface area contributed by atoms with Crippen molar-refractivity contribution in [2.45, 2.75) is 6.92 Å².